The molecule has 0 heterocycles. The molecule has 0 aliphatic rings. The van der Waals surface area contributed by atoms with Crippen molar-refractivity contribution in [1.82, 2.24) is 0 Å². The van der Waals surface area contributed by atoms with Gasteiger partial charge >= 0.3 is 0 Å². The summed E-state index contributed by atoms with van der Waals surface area (Å²) in [7, 11) is 0. The minimum Gasteiger partial charge on any atom is -0.288 e. The first kappa shape index (κ1) is 13.2. The fraction of sp³-hybridized carbons (Fsp3) is 0. The molecule has 98 valence electrons. The van der Waals surface area contributed by atoms with Gasteiger partial charge in [-0.15, -0.1) is 0 Å². The van der Waals surface area contributed by atoms with E-state index in [1.807, 2.05) is 0 Å². The lowest BCUT2D eigenvalue weighted by Gasteiger charge is -2.04. The molecule has 0 aliphatic carbocycles. The van der Waals surface area contributed by atoms with Crippen molar-refractivity contribution in [3.05, 3.63) is 70.5 Å². The molecule has 2 rings (SSSR count). The molecule has 0 N–H and O–H groups in total. The van der Waals surface area contributed by atoms with Crippen LogP contribution >= 0.6 is 0 Å². The number of hydrogen-bond acceptors (Lipinski definition) is 1. The molecule has 19 heavy (non-hydrogen) atoms. The Kier molecular flexibility index (Phi) is 3.33. The summed E-state index contributed by atoms with van der Waals surface area (Å²) < 4.78 is 64.6. The Bertz CT molecular complexity index is 666. The third-order valence-electron chi connectivity index (χ3n) is 2.44. The zero-order valence-electron chi connectivity index (χ0n) is 9.18. The quantitative estimate of drug-likeness (QED) is 0.463. The minimum absolute atomic E-state index is 0.211. The molecule has 0 atom stereocenters. The van der Waals surface area contributed by atoms with Gasteiger partial charge in [0.25, 0.3) is 0 Å². The average molecular weight is 272 g/mol. The lowest BCUT2D eigenvalue weighted by Crippen LogP contribution is -2.07. The minimum atomic E-state index is -1.45. The van der Waals surface area contributed by atoms with Crippen molar-refractivity contribution in [3.8, 4) is 0 Å². The van der Waals surface area contributed by atoms with Gasteiger partial charge in [-0.2, -0.15) is 0 Å². The summed E-state index contributed by atoms with van der Waals surface area (Å²) in [6.07, 6.45) is 0. The normalized spacial score (nSPS) is 10.6. The molecule has 2 aromatic rings. The molecule has 1 nitrogen and oxygen atoms in total. The smallest absolute Gasteiger partial charge is 0.196 e. The van der Waals surface area contributed by atoms with Crippen LogP contribution in [0.25, 0.3) is 0 Å². The second kappa shape index (κ2) is 4.79. The Morgan fingerprint density at radius 2 is 1.26 bits per heavy atom. The summed E-state index contributed by atoms with van der Waals surface area (Å²) >= 11 is 0. The van der Waals surface area contributed by atoms with Crippen LogP contribution in [0.1, 0.15) is 15.9 Å². The van der Waals surface area contributed by atoms with E-state index in [9.17, 15) is 26.7 Å². The average Bonchev–Trinajstić information content (AvgIpc) is 2.36. The SMILES string of the molecule is O=C(c1ccc(F)c(F)c1)c1cc(F)c(F)cc1F. The maximum absolute atomic E-state index is 13.4. The first-order valence-electron chi connectivity index (χ1n) is 5.04. The monoisotopic (exact) mass is 272 g/mol. The lowest BCUT2D eigenvalue weighted by molar-refractivity contribution is 0.103. The maximum Gasteiger partial charge on any atom is 0.196 e. The highest BCUT2D eigenvalue weighted by Gasteiger charge is 2.18. The van der Waals surface area contributed by atoms with Gasteiger partial charge in [-0.05, 0) is 24.3 Å². The molecule has 6 heteroatoms. The number of halogens is 5. The van der Waals surface area contributed by atoms with Crippen LogP contribution < -0.4 is 0 Å². The van der Waals surface area contributed by atoms with E-state index in [1.165, 1.54) is 0 Å². The van der Waals surface area contributed by atoms with E-state index in [0.717, 1.165) is 6.07 Å². The molecule has 2 aromatic carbocycles. The van der Waals surface area contributed by atoms with Crippen molar-refractivity contribution in [2.24, 2.45) is 0 Å². The Morgan fingerprint density at radius 1 is 0.684 bits per heavy atom. The van der Waals surface area contributed by atoms with Gasteiger partial charge in [0.15, 0.2) is 29.1 Å². The van der Waals surface area contributed by atoms with E-state index in [2.05, 4.69) is 0 Å². The second-order valence-electron chi connectivity index (χ2n) is 3.70. The molecule has 0 fully saturated rings. The summed E-state index contributed by atoms with van der Waals surface area (Å²) in [4.78, 5) is 11.8. The Morgan fingerprint density at radius 3 is 1.89 bits per heavy atom. The van der Waals surface area contributed by atoms with Gasteiger partial charge in [0, 0.05) is 11.6 Å². The van der Waals surface area contributed by atoms with E-state index in [0.29, 0.717) is 18.2 Å². The predicted octanol–water partition coefficient (Wildman–Crippen LogP) is 3.61. The highest BCUT2D eigenvalue weighted by molar-refractivity contribution is 6.09. The summed E-state index contributed by atoms with van der Waals surface area (Å²) in [6.45, 7) is 0. The van der Waals surface area contributed by atoms with Gasteiger partial charge in [0.1, 0.15) is 5.82 Å². The zero-order valence-corrected chi connectivity index (χ0v) is 9.18. The number of carbonyl (C=O) groups is 1. The fourth-order valence-corrected chi connectivity index (χ4v) is 1.49. The van der Waals surface area contributed by atoms with Crippen LogP contribution in [0, 0.1) is 29.1 Å². The van der Waals surface area contributed by atoms with Crippen molar-refractivity contribution in [1.29, 1.82) is 0 Å². The molecule has 0 unspecified atom stereocenters. The number of benzene rings is 2. The molecule has 0 saturated heterocycles. The molecule has 0 aromatic heterocycles. The fourth-order valence-electron chi connectivity index (χ4n) is 1.49. The Balaban J connectivity index is 2.49. The first-order chi connectivity index (χ1) is 8.90. The largest absolute Gasteiger partial charge is 0.288 e. The van der Waals surface area contributed by atoms with Crippen molar-refractivity contribution >= 4 is 5.78 Å². The van der Waals surface area contributed by atoms with E-state index in [-0.39, 0.29) is 11.6 Å². The van der Waals surface area contributed by atoms with Crippen molar-refractivity contribution < 1.29 is 26.7 Å². The molecule has 0 radical (unpaired) electrons. The first-order valence-corrected chi connectivity index (χ1v) is 5.04. The number of ketones is 1. The van der Waals surface area contributed by atoms with Crippen LogP contribution in [0.15, 0.2) is 30.3 Å². The summed E-state index contributed by atoms with van der Waals surface area (Å²) in [5.41, 5.74) is -1.13. The van der Waals surface area contributed by atoms with E-state index >= 15 is 0 Å². The standard InChI is InChI=1S/C13H5F5O/c14-8-2-1-6(3-10(8)16)13(19)7-4-11(17)12(18)5-9(7)15/h1-5H. The summed E-state index contributed by atoms with van der Waals surface area (Å²) in [6, 6.07) is 2.73. The molecule has 0 saturated carbocycles. The van der Waals surface area contributed by atoms with Crippen LogP contribution in [-0.4, -0.2) is 5.78 Å². The molecule has 0 aliphatic heterocycles. The summed E-state index contributed by atoms with van der Waals surface area (Å²) in [5.74, 6) is -7.69. The van der Waals surface area contributed by atoms with Crippen molar-refractivity contribution in [2.45, 2.75) is 0 Å². The van der Waals surface area contributed by atoms with Gasteiger partial charge in [-0.25, -0.2) is 22.0 Å². The molecular formula is C13H5F5O. The van der Waals surface area contributed by atoms with Crippen molar-refractivity contribution in [2.75, 3.05) is 0 Å². The van der Waals surface area contributed by atoms with E-state index in [4.69, 9.17) is 0 Å². The Labute approximate surface area is 104 Å². The van der Waals surface area contributed by atoms with Crippen LogP contribution in [0.3, 0.4) is 0 Å². The van der Waals surface area contributed by atoms with Gasteiger partial charge in [-0.1, -0.05) is 0 Å². The second-order valence-corrected chi connectivity index (χ2v) is 3.70. The van der Waals surface area contributed by atoms with Crippen LogP contribution in [-0.2, 0) is 0 Å². The van der Waals surface area contributed by atoms with Gasteiger partial charge in [0.2, 0.25) is 0 Å². The third kappa shape index (κ3) is 2.47. The van der Waals surface area contributed by atoms with Gasteiger partial charge < -0.3 is 0 Å². The van der Waals surface area contributed by atoms with E-state index in [1.54, 1.807) is 0 Å². The number of rotatable bonds is 2. The Hall–Kier alpha value is -2.24. The number of hydrogen-bond donors (Lipinski definition) is 0. The van der Waals surface area contributed by atoms with Gasteiger partial charge in [0.05, 0.1) is 5.56 Å². The summed E-state index contributed by atoms with van der Waals surface area (Å²) in [5, 5.41) is 0. The highest BCUT2D eigenvalue weighted by atomic mass is 19.2. The van der Waals surface area contributed by atoms with Gasteiger partial charge in [-0.3, -0.25) is 4.79 Å². The lowest BCUT2D eigenvalue weighted by atomic mass is 10.0. The topological polar surface area (TPSA) is 17.1 Å². The molecule has 0 bridgehead atoms. The zero-order chi connectivity index (χ0) is 14.2. The maximum atomic E-state index is 13.4. The van der Waals surface area contributed by atoms with Crippen LogP contribution in [0.5, 0.6) is 0 Å². The predicted molar refractivity (Wildman–Crippen MR) is 56.1 cm³/mol. The van der Waals surface area contributed by atoms with E-state index < -0.39 is 40.4 Å². The molecule has 0 amide bonds. The van der Waals surface area contributed by atoms with Crippen LogP contribution in [0.2, 0.25) is 0 Å². The molecule has 0 spiro atoms. The third-order valence-corrected chi connectivity index (χ3v) is 2.44. The molecular weight excluding hydrogens is 267 g/mol. The number of carbonyl (C=O) groups excluding carboxylic acids is 1. The van der Waals surface area contributed by atoms with Crippen LogP contribution in [0.4, 0.5) is 22.0 Å². The van der Waals surface area contributed by atoms with Crippen molar-refractivity contribution in [3.63, 3.8) is 0 Å². The highest BCUT2D eigenvalue weighted by Crippen LogP contribution is 2.18.